The summed E-state index contributed by atoms with van der Waals surface area (Å²) in [5.41, 5.74) is 1.18. The summed E-state index contributed by atoms with van der Waals surface area (Å²) in [4.78, 5) is 2.30. The molecule has 7 nitrogen and oxygen atoms in total. The monoisotopic (exact) mass is 399 g/mol. The number of halogens is 2. The molecular weight excluding hydrogens is 376 g/mol. The number of aromatic nitrogens is 5. The minimum Gasteiger partial charge on any atom is -0.312 e. The molecule has 1 aromatic carbocycles. The third-order valence-electron chi connectivity index (χ3n) is 5.93. The lowest BCUT2D eigenvalue weighted by Crippen LogP contribution is -2.34. The zero-order chi connectivity index (χ0) is 19.8. The van der Waals surface area contributed by atoms with Crippen LogP contribution in [0.1, 0.15) is 36.0 Å². The zero-order valence-corrected chi connectivity index (χ0v) is 16.0. The molecule has 5 rings (SSSR count). The normalized spacial score (nSPS) is 18.1. The smallest absolute Gasteiger partial charge is 0.147 e. The van der Waals surface area contributed by atoms with E-state index in [1.807, 2.05) is 0 Å². The summed E-state index contributed by atoms with van der Waals surface area (Å²) in [5.74, 6) is 1.35. The Morgan fingerprint density at radius 2 is 1.86 bits per heavy atom. The highest BCUT2D eigenvalue weighted by atomic mass is 19.1. The summed E-state index contributed by atoms with van der Waals surface area (Å²) < 4.78 is 30.7. The SMILES string of the molecule is Fc1cccc(F)c1-c1[nH]ncc1CN1CCC(c2nnc3n2CCNC3)CC1. The Balaban J connectivity index is 1.28. The first-order chi connectivity index (χ1) is 14.2. The summed E-state index contributed by atoms with van der Waals surface area (Å²) in [6.45, 7) is 5.05. The molecule has 0 aliphatic carbocycles. The number of piperidine rings is 1. The summed E-state index contributed by atoms with van der Waals surface area (Å²) in [5, 5.41) is 18.9. The van der Waals surface area contributed by atoms with Gasteiger partial charge in [0.2, 0.25) is 0 Å². The van der Waals surface area contributed by atoms with Crippen molar-refractivity contribution in [1.29, 1.82) is 0 Å². The van der Waals surface area contributed by atoms with Gasteiger partial charge in [-0.3, -0.25) is 10.00 Å². The summed E-state index contributed by atoms with van der Waals surface area (Å²) in [7, 11) is 0. The predicted octanol–water partition coefficient (Wildman–Crippen LogP) is 2.43. The molecule has 29 heavy (non-hydrogen) atoms. The van der Waals surface area contributed by atoms with Gasteiger partial charge in [-0.25, -0.2) is 8.78 Å². The topological polar surface area (TPSA) is 74.7 Å². The van der Waals surface area contributed by atoms with Crippen LogP contribution in [0.3, 0.4) is 0 Å². The third-order valence-corrected chi connectivity index (χ3v) is 5.93. The Labute approximate surface area is 167 Å². The van der Waals surface area contributed by atoms with Crippen molar-refractivity contribution >= 4 is 0 Å². The lowest BCUT2D eigenvalue weighted by molar-refractivity contribution is 0.199. The molecule has 2 aliphatic rings. The van der Waals surface area contributed by atoms with Crippen LogP contribution in [-0.2, 0) is 19.6 Å². The van der Waals surface area contributed by atoms with Crippen LogP contribution in [0.5, 0.6) is 0 Å². The van der Waals surface area contributed by atoms with Crippen molar-refractivity contribution in [3.63, 3.8) is 0 Å². The fraction of sp³-hybridized carbons (Fsp3) is 0.450. The Morgan fingerprint density at radius 3 is 2.66 bits per heavy atom. The van der Waals surface area contributed by atoms with E-state index >= 15 is 0 Å². The van der Waals surface area contributed by atoms with E-state index in [2.05, 4.69) is 35.2 Å². The largest absolute Gasteiger partial charge is 0.312 e. The average Bonchev–Trinajstić information content (AvgIpc) is 3.36. The molecule has 2 aliphatic heterocycles. The minimum atomic E-state index is -0.583. The van der Waals surface area contributed by atoms with Crippen molar-refractivity contribution in [3.05, 3.63) is 53.2 Å². The molecule has 4 heterocycles. The molecule has 2 N–H and O–H groups in total. The van der Waals surface area contributed by atoms with Crippen LogP contribution in [0.25, 0.3) is 11.3 Å². The van der Waals surface area contributed by atoms with Crippen molar-refractivity contribution < 1.29 is 8.78 Å². The van der Waals surface area contributed by atoms with Gasteiger partial charge >= 0.3 is 0 Å². The Hall–Kier alpha value is -2.65. The standard InChI is InChI=1S/C20H23F2N7/c21-15-2-1-3-16(22)18(15)19-14(10-24-26-19)12-28-7-4-13(5-8-28)20-27-25-17-11-23-6-9-29(17)20/h1-3,10,13,23H,4-9,11-12H2,(H,24,26). The van der Waals surface area contributed by atoms with Gasteiger partial charge in [-0.1, -0.05) is 6.07 Å². The van der Waals surface area contributed by atoms with Crippen LogP contribution >= 0.6 is 0 Å². The van der Waals surface area contributed by atoms with E-state index in [0.29, 0.717) is 18.2 Å². The van der Waals surface area contributed by atoms with Crippen molar-refractivity contribution in [3.8, 4) is 11.3 Å². The molecule has 0 unspecified atom stereocenters. The van der Waals surface area contributed by atoms with Gasteiger partial charge in [0.15, 0.2) is 0 Å². The molecule has 1 saturated heterocycles. The number of H-pyrrole nitrogens is 1. The number of likely N-dealkylation sites (tertiary alicyclic amines) is 1. The zero-order valence-electron chi connectivity index (χ0n) is 16.0. The van der Waals surface area contributed by atoms with E-state index < -0.39 is 11.6 Å². The first kappa shape index (κ1) is 18.4. The summed E-state index contributed by atoms with van der Waals surface area (Å²) >= 11 is 0. The second-order valence-electron chi connectivity index (χ2n) is 7.72. The number of rotatable bonds is 4. The molecule has 0 radical (unpaired) electrons. The van der Waals surface area contributed by atoms with Gasteiger partial charge < -0.3 is 9.88 Å². The number of nitrogens with zero attached hydrogens (tertiary/aromatic N) is 5. The van der Waals surface area contributed by atoms with Crippen LogP contribution in [0, 0.1) is 11.6 Å². The summed E-state index contributed by atoms with van der Waals surface area (Å²) in [6, 6.07) is 3.90. The van der Waals surface area contributed by atoms with Crippen LogP contribution in [0.15, 0.2) is 24.4 Å². The summed E-state index contributed by atoms with van der Waals surface area (Å²) in [6.07, 6.45) is 3.65. The molecule has 0 atom stereocenters. The van der Waals surface area contributed by atoms with Crippen LogP contribution in [0.2, 0.25) is 0 Å². The maximum atomic E-state index is 14.2. The van der Waals surface area contributed by atoms with Crippen LogP contribution < -0.4 is 5.32 Å². The second kappa shape index (κ2) is 7.64. The fourth-order valence-corrected chi connectivity index (χ4v) is 4.39. The molecule has 1 fully saturated rings. The van der Waals surface area contributed by atoms with Gasteiger partial charge in [0.25, 0.3) is 0 Å². The molecule has 2 aromatic heterocycles. The Morgan fingerprint density at radius 1 is 1.07 bits per heavy atom. The van der Waals surface area contributed by atoms with Crippen molar-refractivity contribution in [2.24, 2.45) is 0 Å². The highest BCUT2D eigenvalue weighted by Crippen LogP contribution is 2.31. The van der Waals surface area contributed by atoms with Crippen LogP contribution in [0.4, 0.5) is 8.78 Å². The van der Waals surface area contributed by atoms with E-state index in [4.69, 9.17) is 0 Å². The maximum Gasteiger partial charge on any atom is 0.147 e. The number of nitrogens with one attached hydrogen (secondary N) is 2. The second-order valence-corrected chi connectivity index (χ2v) is 7.72. The predicted molar refractivity (Wildman–Crippen MR) is 103 cm³/mol. The van der Waals surface area contributed by atoms with Crippen LogP contribution in [-0.4, -0.2) is 49.5 Å². The van der Waals surface area contributed by atoms with Crippen molar-refractivity contribution in [2.45, 2.75) is 38.4 Å². The fourth-order valence-electron chi connectivity index (χ4n) is 4.39. The van der Waals surface area contributed by atoms with E-state index in [1.54, 1.807) is 6.20 Å². The van der Waals surface area contributed by atoms with E-state index in [1.165, 1.54) is 18.2 Å². The highest BCUT2D eigenvalue weighted by molar-refractivity contribution is 5.64. The van der Waals surface area contributed by atoms with Gasteiger partial charge in [-0.15, -0.1) is 10.2 Å². The molecule has 3 aromatic rings. The quantitative estimate of drug-likeness (QED) is 0.705. The van der Waals surface area contributed by atoms with Gasteiger partial charge in [0.1, 0.15) is 23.3 Å². The number of hydrogen-bond donors (Lipinski definition) is 2. The van der Waals surface area contributed by atoms with E-state index in [0.717, 1.165) is 62.8 Å². The minimum absolute atomic E-state index is 0.0430. The van der Waals surface area contributed by atoms with Gasteiger partial charge in [0, 0.05) is 31.1 Å². The van der Waals surface area contributed by atoms with Gasteiger partial charge in [-0.2, -0.15) is 5.10 Å². The van der Waals surface area contributed by atoms with Gasteiger partial charge in [-0.05, 0) is 38.1 Å². The van der Waals surface area contributed by atoms with E-state index in [9.17, 15) is 8.78 Å². The number of hydrogen-bond acceptors (Lipinski definition) is 5. The van der Waals surface area contributed by atoms with Crippen molar-refractivity contribution in [1.82, 2.24) is 35.2 Å². The highest BCUT2D eigenvalue weighted by Gasteiger charge is 2.28. The lowest BCUT2D eigenvalue weighted by Gasteiger charge is -2.32. The average molecular weight is 399 g/mol. The molecule has 0 spiro atoms. The molecular formula is C20H23F2N7. The Kier molecular flexibility index (Phi) is 4.84. The number of benzene rings is 1. The first-order valence-electron chi connectivity index (χ1n) is 10.0. The third kappa shape index (κ3) is 3.44. The maximum absolute atomic E-state index is 14.2. The molecule has 9 heteroatoms. The Bertz CT molecular complexity index is 984. The van der Waals surface area contributed by atoms with E-state index in [-0.39, 0.29) is 5.56 Å². The molecule has 0 saturated carbocycles. The van der Waals surface area contributed by atoms with Crippen molar-refractivity contribution in [2.75, 3.05) is 19.6 Å². The lowest BCUT2D eigenvalue weighted by atomic mass is 9.95. The molecule has 0 amide bonds. The molecule has 0 bridgehead atoms. The molecule has 152 valence electrons. The number of aromatic amines is 1. The number of fused-ring (bicyclic) bond motifs is 1. The first-order valence-corrected chi connectivity index (χ1v) is 10.0. The van der Waals surface area contributed by atoms with Gasteiger partial charge in [0.05, 0.1) is 24.0 Å².